The zero-order valence-corrected chi connectivity index (χ0v) is 14.4. The molecule has 0 saturated carbocycles. The van der Waals surface area contributed by atoms with E-state index in [0.717, 1.165) is 11.1 Å². The fourth-order valence-electron chi connectivity index (χ4n) is 3.77. The van der Waals surface area contributed by atoms with Crippen LogP contribution in [0.2, 0.25) is 0 Å². The number of benzene rings is 4. The van der Waals surface area contributed by atoms with Gasteiger partial charge in [-0.3, -0.25) is 0 Å². The Hall–Kier alpha value is -3.48. The van der Waals surface area contributed by atoms with Gasteiger partial charge < -0.3 is 0 Å². The van der Waals surface area contributed by atoms with Gasteiger partial charge in [0.25, 0.3) is 0 Å². The molecule has 0 amide bonds. The third kappa shape index (κ3) is 2.63. The lowest BCUT2D eigenvalue weighted by molar-refractivity contribution is 0.793. The first-order chi connectivity index (χ1) is 12.8. The second-order valence-electron chi connectivity index (χ2n) is 6.43. The standard InChI is InChI=1S/C26H18/c1-3-21(25-17-9-13-19-11-5-7-15-23(19)25)22(4-2)26-18-10-14-20-12-6-8-16-24(20)26/h1-2,5-18,21-22H/t21-,22+. The Morgan fingerprint density at radius 1 is 0.500 bits per heavy atom. The third-order valence-corrected chi connectivity index (χ3v) is 5.01. The van der Waals surface area contributed by atoms with Gasteiger partial charge in [-0.25, -0.2) is 0 Å². The van der Waals surface area contributed by atoms with Crippen molar-refractivity contribution in [3.05, 3.63) is 96.1 Å². The number of hydrogen-bond acceptors (Lipinski definition) is 0. The molecule has 0 heteroatoms. The molecule has 0 bridgehead atoms. The van der Waals surface area contributed by atoms with E-state index < -0.39 is 0 Å². The van der Waals surface area contributed by atoms with Gasteiger partial charge in [0.2, 0.25) is 0 Å². The number of terminal acetylenes is 2. The lowest BCUT2D eigenvalue weighted by Gasteiger charge is -2.22. The predicted octanol–water partition coefficient (Wildman–Crippen LogP) is 6.13. The van der Waals surface area contributed by atoms with Gasteiger partial charge in [0.15, 0.2) is 0 Å². The SMILES string of the molecule is C#C[C@H](c1cccc2ccccc12)[C@@H](C#C)c1cccc2ccccc12. The fraction of sp³-hybridized carbons (Fsp3) is 0.0769. The minimum Gasteiger partial charge on any atom is -0.119 e. The minimum absolute atomic E-state index is 0.183. The Labute approximate surface area is 154 Å². The average molecular weight is 330 g/mol. The highest BCUT2D eigenvalue weighted by atomic mass is 14.2. The zero-order valence-electron chi connectivity index (χ0n) is 14.4. The van der Waals surface area contributed by atoms with E-state index in [1.54, 1.807) is 0 Å². The van der Waals surface area contributed by atoms with Crippen LogP contribution in [-0.2, 0) is 0 Å². The Bertz CT molecular complexity index is 1060. The zero-order chi connectivity index (χ0) is 17.9. The summed E-state index contributed by atoms with van der Waals surface area (Å²) < 4.78 is 0. The molecule has 122 valence electrons. The number of fused-ring (bicyclic) bond motifs is 2. The van der Waals surface area contributed by atoms with Crippen molar-refractivity contribution in [2.24, 2.45) is 0 Å². The molecule has 4 rings (SSSR count). The van der Waals surface area contributed by atoms with Crippen molar-refractivity contribution in [2.45, 2.75) is 11.8 Å². The van der Waals surface area contributed by atoms with E-state index in [2.05, 4.69) is 72.5 Å². The molecule has 0 unspecified atom stereocenters. The van der Waals surface area contributed by atoms with Gasteiger partial charge in [-0.2, -0.15) is 0 Å². The largest absolute Gasteiger partial charge is 0.119 e. The minimum atomic E-state index is -0.183. The second kappa shape index (κ2) is 6.79. The van der Waals surface area contributed by atoms with Gasteiger partial charge in [0.1, 0.15) is 0 Å². The summed E-state index contributed by atoms with van der Waals surface area (Å²) in [5.41, 5.74) is 2.22. The van der Waals surface area contributed by atoms with Crippen molar-refractivity contribution in [3.8, 4) is 24.7 Å². The van der Waals surface area contributed by atoms with Crippen molar-refractivity contribution in [1.82, 2.24) is 0 Å². The Morgan fingerprint density at radius 3 is 1.31 bits per heavy atom. The predicted molar refractivity (Wildman–Crippen MR) is 111 cm³/mol. The summed E-state index contributed by atoms with van der Waals surface area (Å²) in [6, 6.07) is 29.1. The van der Waals surface area contributed by atoms with Crippen LogP contribution in [0.5, 0.6) is 0 Å². The summed E-state index contributed by atoms with van der Waals surface area (Å²) in [4.78, 5) is 0. The monoisotopic (exact) mass is 330 g/mol. The van der Waals surface area contributed by atoms with E-state index in [9.17, 15) is 0 Å². The van der Waals surface area contributed by atoms with E-state index >= 15 is 0 Å². The van der Waals surface area contributed by atoms with Crippen molar-refractivity contribution in [2.75, 3.05) is 0 Å². The smallest absolute Gasteiger partial charge is 0.0634 e. The average Bonchev–Trinajstić information content (AvgIpc) is 2.71. The molecule has 0 aliphatic carbocycles. The molecule has 2 atom stereocenters. The van der Waals surface area contributed by atoms with Crippen molar-refractivity contribution >= 4 is 21.5 Å². The molecule has 4 aromatic rings. The first-order valence-electron chi connectivity index (χ1n) is 8.71. The highest BCUT2D eigenvalue weighted by molar-refractivity contribution is 5.89. The molecule has 0 nitrogen and oxygen atoms in total. The maximum Gasteiger partial charge on any atom is 0.0634 e. The van der Waals surface area contributed by atoms with E-state index in [1.807, 2.05) is 24.3 Å². The highest BCUT2D eigenvalue weighted by Gasteiger charge is 2.24. The lowest BCUT2D eigenvalue weighted by atomic mass is 9.79. The Balaban J connectivity index is 1.92. The maximum atomic E-state index is 6.01. The fourth-order valence-corrected chi connectivity index (χ4v) is 3.77. The molecule has 0 aliphatic heterocycles. The molecule has 26 heavy (non-hydrogen) atoms. The van der Waals surface area contributed by atoms with Crippen LogP contribution < -0.4 is 0 Å². The molecular formula is C26H18. The van der Waals surface area contributed by atoms with Gasteiger partial charge in [-0.05, 0) is 32.7 Å². The van der Waals surface area contributed by atoms with Crippen molar-refractivity contribution < 1.29 is 0 Å². The van der Waals surface area contributed by atoms with E-state index in [0.29, 0.717) is 0 Å². The molecule has 0 radical (unpaired) electrons. The topological polar surface area (TPSA) is 0 Å². The van der Waals surface area contributed by atoms with Crippen LogP contribution in [0.1, 0.15) is 23.0 Å². The molecule has 0 saturated heterocycles. The van der Waals surface area contributed by atoms with Crippen molar-refractivity contribution in [3.63, 3.8) is 0 Å². The second-order valence-corrected chi connectivity index (χ2v) is 6.43. The molecule has 0 aromatic heterocycles. The molecule has 0 fully saturated rings. The molecule has 0 spiro atoms. The summed E-state index contributed by atoms with van der Waals surface area (Å²) in [5.74, 6) is 5.60. The van der Waals surface area contributed by atoms with Crippen LogP contribution in [0.4, 0.5) is 0 Å². The quantitative estimate of drug-likeness (QED) is 0.397. The first-order valence-corrected chi connectivity index (χ1v) is 8.71. The van der Waals surface area contributed by atoms with E-state index in [4.69, 9.17) is 12.8 Å². The maximum absolute atomic E-state index is 6.01. The van der Waals surface area contributed by atoms with Crippen LogP contribution in [-0.4, -0.2) is 0 Å². The van der Waals surface area contributed by atoms with Crippen LogP contribution in [0.3, 0.4) is 0 Å². The summed E-state index contributed by atoms with van der Waals surface area (Å²) in [6.45, 7) is 0. The van der Waals surface area contributed by atoms with Gasteiger partial charge in [-0.15, -0.1) is 12.8 Å². The van der Waals surface area contributed by atoms with Gasteiger partial charge in [0.05, 0.1) is 11.8 Å². The molecule has 0 N–H and O–H groups in total. The van der Waals surface area contributed by atoms with Gasteiger partial charge >= 0.3 is 0 Å². The number of hydrogen-bond donors (Lipinski definition) is 0. The van der Waals surface area contributed by atoms with Crippen LogP contribution in [0, 0.1) is 24.7 Å². The van der Waals surface area contributed by atoms with Gasteiger partial charge in [-0.1, -0.05) is 96.8 Å². The highest BCUT2D eigenvalue weighted by Crippen LogP contribution is 2.38. The molecule has 0 heterocycles. The van der Waals surface area contributed by atoms with Crippen molar-refractivity contribution in [1.29, 1.82) is 0 Å². The third-order valence-electron chi connectivity index (χ3n) is 5.01. The van der Waals surface area contributed by atoms with E-state index in [-0.39, 0.29) is 11.8 Å². The lowest BCUT2D eigenvalue weighted by Crippen LogP contribution is -2.09. The molecular weight excluding hydrogens is 312 g/mol. The molecule has 0 aliphatic rings. The summed E-state index contributed by atoms with van der Waals surface area (Å²) >= 11 is 0. The summed E-state index contributed by atoms with van der Waals surface area (Å²) in [7, 11) is 0. The first kappa shape index (κ1) is 16.0. The van der Waals surface area contributed by atoms with Crippen LogP contribution in [0.15, 0.2) is 84.9 Å². The summed E-state index contributed by atoms with van der Waals surface area (Å²) in [5, 5.41) is 4.69. The summed E-state index contributed by atoms with van der Waals surface area (Å²) in [6.07, 6.45) is 12.0. The van der Waals surface area contributed by atoms with Gasteiger partial charge in [0, 0.05) is 0 Å². The van der Waals surface area contributed by atoms with Crippen LogP contribution >= 0.6 is 0 Å². The number of rotatable bonds is 3. The van der Waals surface area contributed by atoms with E-state index in [1.165, 1.54) is 21.5 Å². The Morgan fingerprint density at radius 2 is 0.885 bits per heavy atom. The Kier molecular flexibility index (Phi) is 4.18. The molecule has 4 aromatic carbocycles. The normalized spacial score (nSPS) is 13.0. The van der Waals surface area contributed by atoms with Crippen LogP contribution in [0.25, 0.3) is 21.5 Å².